The number of hydrogen-bond acceptors (Lipinski definition) is 5. The summed E-state index contributed by atoms with van der Waals surface area (Å²) in [5, 5.41) is 15.8. The number of nitrogens with one attached hydrogen (secondary N) is 2. The number of unbranched alkanes of at least 4 members (excludes halogenated alkanes) is 3. The molecule has 0 radical (unpaired) electrons. The maximum atomic E-state index is 12.9. The lowest BCUT2D eigenvalue weighted by atomic mass is 9.93. The molecule has 0 bridgehead atoms. The summed E-state index contributed by atoms with van der Waals surface area (Å²) in [4.78, 5) is 37.9. The van der Waals surface area contributed by atoms with Crippen molar-refractivity contribution in [2.75, 3.05) is 13.2 Å². The lowest BCUT2D eigenvalue weighted by molar-refractivity contribution is -0.150. The predicted octanol–water partition coefficient (Wildman–Crippen LogP) is 1.86. The highest BCUT2D eigenvalue weighted by Crippen LogP contribution is 2.46. The molecule has 2 aliphatic rings. The van der Waals surface area contributed by atoms with Gasteiger partial charge >= 0.3 is 5.97 Å². The fourth-order valence-electron chi connectivity index (χ4n) is 4.10. The molecule has 2 saturated carbocycles. The molecule has 7 nitrogen and oxygen atoms in total. The normalized spacial score (nSPS) is 30.3. The fourth-order valence-corrected chi connectivity index (χ4v) is 4.10. The van der Waals surface area contributed by atoms with Crippen molar-refractivity contribution in [2.45, 2.75) is 63.5 Å². The summed E-state index contributed by atoms with van der Waals surface area (Å²) < 4.78 is 5.12. The van der Waals surface area contributed by atoms with Crippen molar-refractivity contribution in [1.82, 2.24) is 10.6 Å². The lowest BCUT2D eigenvalue weighted by Crippen LogP contribution is -2.50. The van der Waals surface area contributed by atoms with Crippen LogP contribution in [-0.2, 0) is 19.1 Å². The minimum absolute atomic E-state index is 0.181. The Morgan fingerprint density at radius 3 is 2.41 bits per heavy atom. The Morgan fingerprint density at radius 2 is 1.83 bits per heavy atom. The second kappa shape index (κ2) is 10.6. The molecule has 162 valence electrons. The van der Waals surface area contributed by atoms with Crippen LogP contribution in [0.3, 0.4) is 0 Å². The summed E-state index contributed by atoms with van der Waals surface area (Å²) in [6, 6.07) is 0. The van der Waals surface area contributed by atoms with E-state index < -0.39 is 29.4 Å². The van der Waals surface area contributed by atoms with Crippen molar-refractivity contribution in [1.29, 1.82) is 0 Å². The summed E-state index contributed by atoms with van der Waals surface area (Å²) in [7, 11) is 0. The van der Waals surface area contributed by atoms with Gasteiger partial charge in [0, 0.05) is 12.5 Å². The van der Waals surface area contributed by atoms with E-state index in [4.69, 9.17) is 4.74 Å². The average Bonchev–Trinajstić information content (AvgIpc) is 3.27. The van der Waals surface area contributed by atoms with E-state index in [9.17, 15) is 19.5 Å². The van der Waals surface area contributed by atoms with E-state index in [2.05, 4.69) is 23.8 Å². The third kappa shape index (κ3) is 5.69. The molecule has 29 heavy (non-hydrogen) atoms. The molecule has 2 amide bonds. The fraction of sp³-hybridized carbons (Fsp3) is 0.682. The van der Waals surface area contributed by atoms with Crippen LogP contribution in [0.25, 0.3) is 0 Å². The van der Waals surface area contributed by atoms with Crippen molar-refractivity contribution >= 4 is 17.8 Å². The minimum Gasteiger partial charge on any atom is -0.464 e. The van der Waals surface area contributed by atoms with Gasteiger partial charge < -0.3 is 20.5 Å². The molecule has 0 aromatic carbocycles. The van der Waals surface area contributed by atoms with Gasteiger partial charge in [-0.15, -0.1) is 13.2 Å². The van der Waals surface area contributed by atoms with E-state index in [1.54, 1.807) is 13.0 Å². The van der Waals surface area contributed by atoms with Gasteiger partial charge in [0.25, 0.3) is 0 Å². The van der Waals surface area contributed by atoms with Crippen molar-refractivity contribution in [2.24, 2.45) is 17.8 Å². The molecule has 2 aliphatic carbocycles. The zero-order valence-corrected chi connectivity index (χ0v) is 17.3. The number of carbonyl (C=O) groups excluding carboxylic acids is 3. The molecule has 0 aromatic heterocycles. The van der Waals surface area contributed by atoms with Gasteiger partial charge in [0.15, 0.2) is 0 Å². The zero-order chi connectivity index (χ0) is 21.4. The standard InChI is InChI=1S/C22H34N2O5/c1-4-7-8-9-10-11-23-19(26)17-12-16(25)13-18(17)20(27)24-22(14-15(22)5-2)21(28)29-6-3/h4-5,15-18,25H,1-2,6-14H2,3H3,(H,23,26)(H,24,27)/t15-,16-,17-,18-,22-/m1/s1. The molecule has 5 atom stereocenters. The molecule has 3 N–H and O–H groups in total. The van der Waals surface area contributed by atoms with E-state index in [1.807, 2.05) is 6.08 Å². The third-order valence-corrected chi connectivity index (χ3v) is 5.88. The topological polar surface area (TPSA) is 105 Å². The Hall–Kier alpha value is -2.15. The number of carbonyl (C=O) groups is 3. The number of aliphatic hydroxyl groups is 1. The van der Waals surface area contributed by atoms with Gasteiger partial charge in [0.05, 0.1) is 24.5 Å². The molecule has 0 saturated heterocycles. The Morgan fingerprint density at radius 1 is 1.14 bits per heavy atom. The van der Waals surface area contributed by atoms with Gasteiger partial charge in [-0.25, -0.2) is 4.79 Å². The quantitative estimate of drug-likeness (QED) is 0.261. The van der Waals surface area contributed by atoms with Crippen molar-refractivity contribution in [3.05, 3.63) is 25.3 Å². The molecule has 2 rings (SSSR count). The maximum absolute atomic E-state index is 12.9. The van der Waals surface area contributed by atoms with Crippen molar-refractivity contribution < 1.29 is 24.2 Å². The summed E-state index contributed by atoms with van der Waals surface area (Å²) in [5.74, 6) is -2.52. The van der Waals surface area contributed by atoms with Crippen LogP contribution in [0, 0.1) is 17.8 Å². The van der Waals surface area contributed by atoms with E-state index in [1.165, 1.54) is 0 Å². The summed E-state index contributed by atoms with van der Waals surface area (Å²) >= 11 is 0. The molecule has 2 fully saturated rings. The number of rotatable bonds is 12. The smallest absolute Gasteiger partial charge is 0.332 e. The first kappa shape index (κ1) is 23.1. The highest BCUT2D eigenvalue weighted by atomic mass is 16.5. The number of amides is 2. The van der Waals surface area contributed by atoms with Gasteiger partial charge in [-0.2, -0.15) is 0 Å². The van der Waals surface area contributed by atoms with E-state index in [0.717, 1.165) is 25.7 Å². The Labute approximate surface area is 173 Å². The van der Waals surface area contributed by atoms with Crippen molar-refractivity contribution in [3.8, 4) is 0 Å². The number of hydrogen-bond donors (Lipinski definition) is 3. The van der Waals surface area contributed by atoms with Gasteiger partial charge in [0.2, 0.25) is 11.8 Å². The minimum atomic E-state index is -1.09. The summed E-state index contributed by atoms with van der Waals surface area (Å²) in [5.41, 5.74) is -1.09. The predicted molar refractivity (Wildman–Crippen MR) is 110 cm³/mol. The molecule has 0 aromatic rings. The van der Waals surface area contributed by atoms with E-state index >= 15 is 0 Å². The first-order chi connectivity index (χ1) is 13.9. The second-order valence-corrected chi connectivity index (χ2v) is 7.99. The van der Waals surface area contributed by atoms with Gasteiger partial charge in [-0.3, -0.25) is 9.59 Å². The lowest BCUT2D eigenvalue weighted by Gasteiger charge is -2.23. The Balaban J connectivity index is 1.93. The molecule has 7 heteroatoms. The number of esters is 1. The number of allylic oxidation sites excluding steroid dienone is 1. The van der Waals surface area contributed by atoms with Gasteiger partial charge in [-0.1, -0.05) is 18.6 Å². The van der Waals surface area contributed by atoms with Crippen LogP contribution >= 0.6 is 0 Å². The SMILES string of the molecule is C=CCCCCCNC(=O)[C@@H]1C[C@@H](O)C[C@H]1C(=O)N[C@]1(C(=O)OCC)C[C@H]1C=C. The maximum Gasteiger partial charge on any atom is 0.332 e. The Bertz CT molecular complexity index is 635. The van der Waals surface area contributed by atoms with Crippen LogP contribution in [0.4, 0.5) is 0 Å². The molecule has 0 aliphatic heterocycles. The highest BCUT2D eigenvalue weighted by molar-refractivity contribution is 5.94. The van der Waals surface area contributed by atoms with Gasteiger partial charge in [-0.05, 0) is 45.4 Å². The van der Waals surface area contributed by atoms with Gasteiger partial charge in [0.1, 0.15) is 5.54 Å². The van der Waals surface area contributed by atoms with Crippen LogP contribution < -0.4 is 10.6 Å². The van der Waals surface area contributed by atoms with Crippen LogP contribution in [0.1, 0.15) is 51.9 Å². The zero-order valence-electron chi connectivity index (χ0n) is 17.3. The number of aliphatic hydroxyl groups excluding tert-OH is 1. The highest BCUT2D eigenvalue weighted by Gasteiger charge is 2.62. The molecule has 0 unspecified atom stereocenters. The summed E-state index contributed by atoms with van der Waals surface area (Å²) in [6.45, 7) is 9.88. The van der Waals surface area contributed by atoms with Crippen molar-refractivity contribution in [3.63, 3.8) is 0 Å². The number of ether oxygens (including phenoxy) is 1. The molecular formula is C22H34N2O5. The Kier molecular flexibility index (Phi) is 8.44. The second-order valence-electron chi connectivity index (χ2n) is 7.99. The average molecular weight is 407 g/mol. The monoisotopic (exact) mass is 406 g/mol. The third-order valence-electron chi connectivity index (χ3n) is 5.88. The first-order valence-corrected chi connectivity index (χ1v) is 10.6. The van der Waals surface area contributed by atoms with E-state index in [0.29, 0.717) is 13.0 Å². The van der Waals surface area contributed by atoms with Crippen LogP contribution in [0.15, 0.2) is 25.3 Å². The van der Waals surface area contributed by atoms with E-state index in [-0.39, 0.29) is 37.2 Å². The van der Waals surface area contributed by atoms with Crippen LogP contribution in [0.5, 0.6) is 0 Å². The molecule has 0 spiro atoms. The van der Waals surface area contributed by atoms with Crippen LogP contribution in [-0.4, -0.2) is 47.7 Å². The molecule has 0 heterocycles. The van der Waals surface area contributed by atoms with Crippen LogP contribution in [0.2, 0.25) is 0 Å². The summed E-state index contributed by atoms with van der Waals surface area (Å²) in [6.07, 6.45) is 7.55. The first-order valence-electron chi connectivity index (χ1n) is 10.6. The largest absolute Gasteiger partial charge is 0.464 e. The molecular weight excluding hydrogens is 372 g/mol.